The van der Waals surface area contributed by atoms with Gasteiger partial charge in [-0.2, -0.15) is 5.10 Å². The van der Waals surface area contributed by atoms with E-state index < -0.39 is 9.05 Å². The molecule has 0 spiro atoms. The van der Waals surface area contributed by atoms with Gasteiger partial charge in [0.25, 0.3) is 9.05 Å². The molecule has 1 heterocycles. The van der Waals surface area contributed by atoms with Gasteiger partial charge in [0.2, 0.25) is 0 Å². The van der Waals surface area contributed by atoms with Crippen LogP contribution in [0.1, 0.15) is 16.7 Å². The van der Waals surface area contributed by atoms with Gasteiger partial charge in [0.15, 0.2) is 0 Å². The third-order valence-corrected chi connectivity index (χ3v) is 4.01. The highest BCUT2D eigenvalue weighted by molar-refractivity contribution is 8.13. The topological polar surface area (TPSA) is 52.0 Å². The number of benzene rings is 1. The number of halogens is 1. The summed E-state index contributed by atoms with van der Waals surface area (Å²) in [5, 5.41) is 4.06. The summed E-state index contributed by atoms with van der Waals surface area (Å²) in [5.41, 5.74) is 4.11. The number of nitrogens with zero attached hydrogens (tertiary/aromatic N) is 2. The summed E-state index contributed by atoms with van der Waals surface area (Å²) >= 11 is 0. The fourth-order valence-electron chi connectivity index (χ4n) is 2.09. The van der Waals surface area contributed by atoms with Gasteiger partial charge >= 0.3 is 0 Å². The molecule has 96 valence electrons. The normalized spacial score (nSPS) is 11.8. The fraction of sp³-hybridized carbons (Fsp3) is 0.250. The van der Waals surface area contributed by atoms with Gasteiger partial charge in [0.05, 0.1) is 18.1 Å². The van der Waals surface area contributed by atoms with Gasteiger partial charge in [-0.1, -0.05) is 17.7 Å². The Labute approximate surface area is 111 Å². The van der Waals surface area contributed by atoms with Crippen molar-refractivity contribution in [3.05, 3.63) is 41.2 Å². The molecule has 1 aromatic carbocycles. The van der Waals surface area contributed by atoms with Crippen molar-refractivity contribution in [2.45, 2.75) is 25.7 Å². The van der Waals surface area contributed by atoms with E-state index in [-0.39, 0.29) is 4.90 Å². The Morgan fingerprint density at radius 2 is 1.72 bits per heavy atom. The van der Waals surface area contributed by atoms with Gasteiger partial charge in [-0.3, -0.25) is 0 Å². The summed E-state index contributed by atoms with van der Waals surface area (Å²) in [6.45, 7) is 5.94. The lowest BCUT2D eigenvalue weighted by atomic mass is 10.1. The van der Waals surface area contributed by atoms with Gasteiger partial charge in [0, 0.05) is 10.7 Å². The van der Waals surface area contributed by atoms with Crippen molar-refractivity contribution in [3.63, 3.8) is 0 Å². The molecule has 4 nitrogen and oxygen atoms in total. The van der Waals surface area contributed by atoms with Crippen molar-refractivity contribution >= 4 is 19.7 Å². The van der Waals surface area contributed by atoms with Crippen LogP contribution in [-0.4, -0.2) is 18.2 Å². The molecule has 0 aliphatic rings. The van der Waals surface area contributed by atoms with Crippen molar-refractivity contribution in [3.8, 4) is 5.69 Å². The second-order valence-electron chi connectivity index (χ2n) is 4.31. The summed E-state index contributed by atoms with van der Waals surface area (Å²) in [4.78, 5) is 0.00328. The molecular formula is C12H13ClN2O2S. The molecule has 18 heavy (non-hydrogen) atoms. The van der Waals surface area contributed by atoms with Gasteiger partial charge in [-0.15, -0.1) is 0 Å². The van der Waals surface area contributed by atoms with Crippen LogP contribution in [0.5, 0.6) is 0 Å². The van der Waals surface area contributed by atoms with Crippen LogP contribution in [0.25, 0.3) is 5.69 Å². The molecule has 0 fully saturated rings. The van der Waals surface area contributed by atoms with Crippen LogP contribution in [0.15, 0.2) is 29.4 Å². The van der Waals surface area contributed by atoms with Crippen LogP contribution >= 0.6 is 10.7 Å². The van der Waals surface area contributed by atoms with E-state index in [0.717, 1.165) is 22.4 Å². The zero-order valence-corrected chi connectivity index (χ0v) is 11.9. The molecule has 2 rings (SSSR count). The maximum absolute atomic E-state index is 11.2. The zero-order chi connectivity index (χ0) is 13.5. The Balaban J connectivity index is 2.60. The van der Waals surface area contributed by atoms with E-state index in [9.17, 15) is 8.42 Å². The molecule has 0 saturated heterocycles. The summed E-state index contributed by atoms with van der Waals surface area (Å²) in [6, 6.07) is 4.05. The second kappa shape index (κ2) is 4.40. The van der Waals surface area contributed by atoms with Crippen molar-refractivity contribution < 1.29 is 8.42 Å². The lowest BCUT2D eigenvalue weighted by Crippen LogP contribution is -2.01. The number of aromatic nitrogens is 2. The van der Waals surface area contributed by atoms with E-state index in [1.54, 1.807) is 4.68 Å². The lowest BCUT2D eigenvalue weighted by molar-refractivity contribution is 0.609. The quantitative estimate of drug-likeness (QED) is 0.797. The van der Waals surface area contributed by atoms with Gasteiger partial charge in [-0.25, -0.2) is 13.1 Å². The third-order valence-electron chi connectivity index (χ3n) is 2.70. The molecule has 6 heteroatoms. The largest absolute Gasteiger partial charge is 0.264 e. The molecule has 0 unspecified atom stereocenters. The number of rotatable bonds is 2. The molecule has 0 aliphatic carbocycles. The second-order valence-corrected chi connectivity index (χ2v) is 6.87. The standard InChI is InChI=1S/C12H13ClN2O2S/c1-8-4-9(2)12(10(3)5-8)15-7-11(6-14-15)18(13,16)17/h4-7H,1-3H3. The first-order chi connectivity index (χ1) is 8.29. The highest BCUT2D eigenvalue weighted by Crippen LogP contribution is 2.22. The van der Waals surface area contributed by atoms with Crippen molar-refractivity contribution in [2.75, 3.05) is 0 Å². The number of hydrogen-bond donors (Lipinski definition) is 0. The summed E-state index contributed by atoms with van der Waals surface area (Å²) < 4.78 is 24.0. The van der Waals surface area contributed by atoms with Crippen LogP contribution in [0.2, 0.25) is 0 Å². The van der Waals surface area contributed by atoms with Gasteiger partial charge in [0.1, 0.15) is 4.90 Å². The minimum atomic E-state index is -3.73. The predicted octanol–water partition coefficient (Wildman–Crippen LogP) is 2.73. The van der Waals surface area contributed by atoms with E-state index in [2.05, 4.69) is 5.10 Å². The van der Waals surface area contributed by atoms with Crippen molar-refractivity contribution in [1.29, 1.82) is 0 Å². The summed E-state index contributed by atoms with van der Waals surface area (Å²) in [5.74, 6) is 0. The van der Waals surface area contributed by atoms with E-state index in [1.807, 2.05) is 32.9 Å². The molecule has 0 N–H and O–H groups in total. The maximum atomic E-state index is 11.2. The Kier molecular flexibility index (Phi) is 3.21. The Bertz CT molecular complexity index is 682. The monoisotopic (exact) mass is 284 g/mol. The predicted molar refractivity (Wildman–Crippen MR) is 70.8 cm³/mol. The van der Waals surface area contributed by atoms with Crippen LogP contribution in [0.3, 0.4) is 0 Å². The Morgan fingerprint density at radius 1 is 1.17 bits per heavy atom. The zero-order valence-electron chi connectivity index (χ0n) is 10.3. The first-order valence-corrected chi connectivity index (χ1v) is 7.67. The number of hydrogen-bond acceptors (Lipinski definition) is 3. The third kappa shape index (κ3) is 2.42. The number of aryl methyl sites for hydroxylation is 3. The average Bonchev–Trinajstić information content (AvgIpc) is 2.64. The molecular weight excluding hydrogens is 272 g/mol. The molecule has 0 saturated carbocycles. The van der Waals surface area contributed by atoms with Crippen LogP contribution < -0.4 is 0 Å². The Hall–Kier alpha value is -1.33. The van der Waals surface area contributed by atoms with Gasteiger partial charge in [-0.05, 0) is 31.9 Å². The molecule has 0 atom stereocenters. The highest BCUT2D eigenvalue weighted by atomic mass is 35.7. The van der Waals surface area contributed by atoms with E-state index in [0.29, 0.717) is 0 Å². The lowest BCUT2D eigenvalue weighted by Gasteiger charge is -2.10. The summed E-state index contributed by atoms with van der Waals surface area (Å²) in [6.07, 6.45) is 2.67. The highest BCUT2D eigenvalue weighted by Gasteiger charge is 2.15. The fourth-order valence-corrected chi connectivity index (χ4v) is 2.73. The van der Waals surface area contributed by atoms with Gasteiger partial charge < -0.3 is 0 Å². The van der Waals surface area contributed by atoms with Crippen molar-refractivity contribution in [2.24, 2.45) is 0 Å². The Morgan fingerprint density at radius 3 is 2.17 bits per heavy atom. The summed E-state index contributed by atoms with van der Waals surface area (Å²) in [7, 11) is 1.55. The molecule has 2 aromatic rings. The van der Waals surface area contributed by atoms with Crippen LogP contribution in [-0.2, 0) is 9.05 Å². The van der Waals surface area contributed by atoms with E-state index in [4.69, 9.17) is 10.7 Å². The molecule has 0 aliphatic heterocycles. The molecule has 0 radical (unpaired) electrons. The average molecular weight is 285 g/mol. The maximum Gasteiger partial charge on any atom is 0.264 e. The molecule has 0 bridgehead atoms. The van der Waals surface area contributed by atoms with Crippen molar-refractivity contribution in [1.82, 2.24) is 9.78 Å². The molecule has 0 amide bonds. The SMILES string of the molecule is Cc1cc(C)c(-n2cc(S(=O)(=O)Cl)cn2)c(C)c1. The van der Waals surface area contributed by atoms with Crippen LogP contribution in [0, 0.1) is 20.8 Å². The van der Waals surface area contributed by atoms with E-state index >= 15 is 0 Å². The molecule has 1 aromatic heterocycles. The minimum Gasteiger partial charge on any atom is -0.239 e. The van der Waals surface area contributed by atoms with Crippen LogP contribution in [0.4, 0.5) is 0 Å². The van der Waals surface area contributed by atoms with E-state index in [1.165, 1.54) is 12.4 Å². The smallest absolute Gasteiger partial charge is 0.239 e. The minimum absolute atomic E-state index is 0.00328. The first-order valence-electron chi connectivity index (χ1n) is 5.36. The first kappa shape index (κ1) is 13.1.